The zero-order valence-corrected chi connectivity index (χ0v) is 16.9. The SMILES string of the molecule is CCN1CCN(c2ccc(CNC(=O)/C=C/c3ccc(OC)c(F)c3)cn2)CC1. The highest BCUT2D eigenvalue weighted by molar-refractivity contribution is 5.91. The molecule has 1 N–H and O–H groups in total. The first-order valence-corrected chi connectivity index (χ1v) is 9.80. The van der Waals surface area contributed by atoms with Crippen LogP contribution in [0.5, 0.6) is 5.75 Å². The summed E-state index contributed by atoms with van der Waals surface area (Å²) in [5.41, 5.74) is 1.52. The van der Waals surface area contributed by atoms with Gasteiger partial charge in [0.2, 0.25) is 5.91 Å². The van der Waals surface area contributed by atoms with E-state index in [2.05, 4.69) is 27.0 Å². The number of likely N-dealkylation sites (N-methyl/N-ethyl adjacent to an activating group) is 1. The van der Waals surface area contributed by atoms with Gasteiger partial charge in [-0.25, -0.2) is 9.37 Å². The highest BCUT2D eigenvalue weighted by Gasteiger charge is 2.16. The van der Waals surface area contributed by atoms with E-state index in [1.54, 1.807) is 18.3 Å². The van der Waals surface area contributed by atoms with Crippen molar-refractivity contribution in [1.29, 1.82) is 0 Å². The van der Waals surface area contributed by atoms with Gasteiger partial charge in [-0.3, -0.25) is 4.79 Å². The lowest BCUT2D eigenvalue weighted by Gasteiger charge is -2.34. The summed E-state index contributed by atoms with van der Waals surface area (Å²) in [5.74, 6) is 0.436. The van der Waals surface area contributed by atoms with Crippen molar-refractivity contribution in [3.05, 3.63) is 59.5 Å². The molecular weight excluding hydrogens is 371 g/mol. The average molecular weight is 398 g/mol. The predicted molar refractivity (Wildman–Crippen MR) is 112 cm³/mol. The Kier molecular flexibility index (Phi) is 7.19. The van der Waals surface area contributed by atoms with Crippen molar-refractivity contribution >= 4 is 17.8 Å². The summed E-state index contributed by atoms with van der Waals surface area (Å²) in [6.07, 6.45) is 4.75. The number of carbonyl (C=O) groups is 1. The summed E-state index contributed by atoms with van der Waals surface area (Å²) < 4.78 is 18.6. The minimum absolute atomic E-state index is 0.176. The average Bonchev–Trinajstić information content (AvgIpc) is 2.77. The van der Waals surface area contributed by atoms with Crippen LogP contribution in [0.15, 0.2) is 42.6 Å². The van der Waals surface area contributed by atoms with E-state index in [-0.39, 0.29) is 11.7 Å². The van der Waals surface area contributed by atoms with Crippen molar-refractivity contribution in [3.8, 4) is 5.75 Å². The molecule has 1 aromatic heterocycles. The molecule has 1 aromatic carbocycles. The number of carbonyl (C=O) groups excluding carboxylic acids is 1. The highest BCUT2D eigenvalue weighted by Crippen LogP contribution is 2.18. The number of hydrogen-bond acceptors (Lipinski definition) is 5. The van der Waals surface area contributed by atoms with E-state index < -0.39 is 5.82 Å². The van der Waals surface area contributed by atoms with Gasteiger partial charge >= 0.3 is 0 Å². The number of methoxy groups -OCH3 is 1. The zero-order chi connectivity index (χ0) is 20.6. The third-order valence-electron chi connectivity index (χ3n) is 5.02. The first-order valence-electron chi connectivity index (χ1n) is 9.80. The van der Waals surface area contributed by atoms with Gasteiger partial charge in [0, 0.05) is 45.0 Å². The Morgan fingerprint density at radius 2 is 2.03 bits per heavy atom. The van der Waals surface area contributed by atoms with E-state index in [0.29, 0.717) is 12.1 Å². The first-order chi connectivity index (χ1) is 14.1. The van der Waals surface area contributed by atoms with Crippen LogP contribution in [0.25, 0.3) is 6.08 Å². The lowest BCUT2D eigenvalue weighted by atomic mass is 10.2. The number of hydrogen-bond donors (Lipinski definition) is 1. The van der Waals surface area contributed by atoms with Gasteiger partial charge in [0.05, 0.1) is 7.11 Å². The number of benzene rings is 1. The van der Waals surface area contributed by atoms with Crippen LogP contribution < -0.4 is 15.0 Å². The third-order valence-corrected chi connectivity index (χ3v) is 5.02. The molecule has 0 atom stereocenters. The fraction of sp³-hybridized carbons (Fsp3) is 0.364. The van der Waals surface area contributed by atoms with Crippen LogP contribution in [0.2, 0.25) is 0 Å². The largest absolute Gasteiger partial charge is 0.494 e. The molecule has 0 radical (unpaired) electrons. The molecule has 2 aromatic rings. The quantitative estimate of drug-likeness (QED) is 0.727. The standard InChI is InChI=1S/C22H27FN4O2/c1-3-26-10-12-27(13-11-26)21-8-5-18(15-24-21)16-25-22(28)9-6-17-4-7-20(29-2)19(23)14-17/h4-9,14-15H,3,10-13,16H2,1-2H3,(H,25,28)/b9-6+. The lowest BCUT2D eigenvalue weighted by molar-refractivity contribution is -0.116. The molecule has 0 aliphatic carbocycles. The van der Waals surface area contributed by atoms with E-state index in [1.807, 2.05) is 12.1 Å². The maximum atomic E-state index is 13.7. The Balaban J connectivity index is 1.48. The molecule has 1 aliphatic rings. The molecule has 0 unspecified atom stereocenters. The van der Waals surface area contributed by atoms with Crippen molar-refractivity contribution in [2.75, 3.05) is 44.7 Å². The predicted octanol–water partition coefficient (Wildman–Crippen LogP) is 2.70. The molecule has 2 heterocycles. The van der Waals surface area contributed by atoms with Crippen LogP contribution in [-0.4, -0.2) is 55.6 Å². The summed E-state index contributed by atoms with van der Waals surface area (Å²) in [6, 6.07) is 8.53. The number of halogens is 1. The lowest BCUT2D eigenvalue weighted by Crippen LogP contribution is -2.46. The second-order valence-electron chi connectivity index (χ2n) is 6.89. The van der Waals surface area contributed by atoms with Crippen molar-refractivity contribution in [3.63, 3.8) is 0 Å². The normalized spacial score (nSPS) is 14.9. The molecule has 154 valence electrons. The highest BCUT2D eigenvalue weighted by atomic mass is 19.1. The van der Waals surface area contributed by atoms with Crippen LogP contribution >= 0.6 is 0 Å². The molecule has 3 rings (SSSR count). The molecule has 6 nitrogen and oxygen atoms in total. The molecule has 7 heteroatoms. The minimum Gasteiger partial charge on any atom is -0.494 e. The number of rotatable bonds is 7. The van der Waals surface area contributed by atoms with Crippen molar-refractivity contribution in [2.24, 2.45) is 0 Å². The van der Waals surface area contributed by atoms with Gasteiger partial charge in [0.1, 0.15) is 5.82 Å². The number of pyridine rings is 1. The van der Waals surface area contributed by atoms with Gasteiger partial charge in [-0.05, 0) is 41.9 Å². The van der Waals surface area contributed by atoms with E-state index in [0.717, 1.165) is 44.1 Å². The van der Waals surface area contributed by atoms with E-state index in [9.17, 15) is 9.18 Å². The fourth-order valence-electron chi connectivity index (χ4n) is 3.21. The number of amides is 1. The van der Waals surface area contributed by atoms with Crippen molar-refractivity contribution in [2.45, 2.75) is 13.5 Å². The fourth-order valence-corrected chi connectivity index (χ4v) is 3.21. The molecule has 0 saturated carbocycles. The Labute approximate surface area is 171 Å². The summed E-state index contributed by atoms with van der Waals surface area (Å²) in [4.78, 5) is 21.3. The number of piperazine rings is 1. The third kappa shape index (κ3) is 5.77. The molecule has 1 amide bonds. The summed E-state index contributed by atoms with van der Waals surface area (Å²) >= 11 is 0. The van der Waals surface area contributed by atoms with Gasteiger partial charge in [0.25, 0.3) is 0 Å². The van der Waals surface area contributed by atoms with Gasteiger partial charge in [-0.15, -0.1) is 0 Å². The van der Waals surface area contributed by atoms with E-state index in [4.69, 9.17) is 4.74 Å². The maximum Gasteiger partial charge on any atom is 0.244 e. The Hall–Kier alpha value is -2.93. The molecule has 1 aliphatic heterocycles. The maximum absolute atomic E-state index is 13.7. The van der Waals surface area contributed by atoms with Crippen molar-refractivity contribution < 1.29 is 13.9 Å². The zero-order valence-electron chi connectivity index (χ0n) is 16.9. The smallest absolute Gasteiger partial charge is 0.244 e. The number of aromatic nitrogens is 1. The van der Waals surface area contributed by atoms with E-state index in [1.165, 1.54) is 25.3 Å². The second-order valence-corrected chi connectivity index (χ2v) is 6.89. The Bertz CT molecular complexity index is 846. The summed E-state index contributed by atoms with van der Waals surface area (Å²) in [5, 5.41) is 2.81. The molecule has 1 saturated heterocycles. The van der Waals surface area contributed by atoms with E-state index >= 15 is 0 Å². The van der Waals surface area contributed by atoms with Gasteiger partial charge < -0.3 is 19.9 Å². The molecule has 1 fully saturated rings. The van der Waals surface area contributed by atoms with Gasteiger partial charge in [-0.1, -0.05) is 19.1 Å². The molecule has 0 bridgehead atoms. The number of nitrogens with zero attached hydrogens (tertiary/aromatic N) is 3. The monoisotopic (exact) mass is 398 g/mol. The summed E-state index contributed by atoms with van der Waals surface area (Å²) in [7, 11) is 1.41. The second kappa shape index (κ2) is 10.0. The molecule has 0 spiro atoms. The van der Waals surface area contributed by atoms with Crippen LogP contribution in [0.4, 0.5) is 10.2 Å². The van der Waals surface area contributed by atoms with Gasteiger partial charge in [-0.2, -0.15) is 0 Å². The number of ether oxygens (including phenoxy) is 1. The number of nitrogens with one attached hydrogen (secondary N) is 1. The molecular formula is C22H27FN4O2. The Morgan fingerprint density at radius 1 is 1.24 bits per heavy atom. The first kappa shape index (κ1) is 20.8. The van der Waals surface area contributed by atoms with Crippen molar-refractivity contribution in [1.82, 2.24) is 15.2 Å². The summed E-state index contributed by atoms with van der Waals surface area (Å²) in [6.45, 7) is 7.72. The topological polar surface area (TPSA) is 57.7 Å². The van der Waals surface area contributed by atoms with Crippen LogP contribution in [0.1, 0.15) is 18.1 Å². The number of anilines is 1. The van der Waals surface area contributed by atoms with Crippen LogP contribution in [-0.2, 0) is 11.3 Å². The van der Waals surface area contributed by atoms with Gasteiger partial charge in [0.15, 0.2) is 11.6 Å². The van der Waals surface area contributed by atoms with Crippen LogP contribution in [0, 0.1) is 5.82 Å². The van der Waals surface area contributed by atoms with Crippen LogP contribution in [0.3, 0.4) is 0 Å². The molecule has 29 heavy (non-hydrogen) atoms. The Morgan fingerprint density at radius 3 is 2.66 bits per heavy atom. The minimum atomic E-state index is -0.461.